The normalized spacial score (nSPS) is 12.6. The van der Waals surface area contributed by atoms with E-state index in [0.717, 1.165) is 18.8 Å². The number of rotatable bonds is 5. The first-order valence-electron chi connectivity index (χ1n) is 6.47. The van der Waals surface area contributed by atoms with Crippen molar-refractivity contribution in [2.24, 2.45) is 11.1 Å². The molecule has 0 aliphatic carbocycles. The van der Waals surface area contributed by atoms with Crippen molar-refractivity contribution in [1.82, 2.24) is 0 Å². The molecule has 102 valence electrons. The molecule has 0 fully saturated rings. The molecular formula is C15H25FN2. The van der Waals surface area contributed by atoms with Crippen LogP contribution in [0.4, 0.5) is 10.1 Å². The van der Waals surface area contributed by atoms with Crippen molar-refractivity contribution in [3.05, 3.63) is 30.1 Å². The summed E-state index contributed by atoms with van der Waals surface area (Å²) in [7, 11) is 0. The van der Waals surface area contributed by atoms with Crippen LogP contribution in [0.5, 0.6) is 0 Å². The molecule has 1 aromatic carbocycles. The van der Waals surface area contributed by atoms with Crippen molar-refractivity contribution in [2.45, 2.75) is 40.2 Å². The van der Waals surface area contributed by atoms with Crippen LogP contribution < -0.4 is 10.6 Å². The molecule has 0 radical (unpaired) electrons. The summed E-state index contributed by atoms with van der Waals surface area (Å²) in [6, 6.07) is 6.72. The van der Waals surface area contributed by atoms with Gasteiger partial charge in [-0.25, -0.2) is 4.39 Å². The number of hydrogen-bond donors (Lipinski definition) is 1. The molecule has 2 nitrogen and oxygen atoms in total. The van der Waals surface area contributed by atoms with Gasteiger partial charge < -0.3 is 10.6 Å². The Morgan fingerprint density at radius 3 is 2.28 bits per heavy atom. The number of anilines is 1. The molecule has 0 saturated carbocycles. The number of hydrogen-bond acceptors (Lipinski definition) is 2. The summed E-state index contributed by atoms with van der Waals surface area (Å²) in [6.45, 7) is 12.1. The lowest BCUT2D eigenvalue weighted by Gasteiger charge is -2.42. The highest BCUT2D eigenvalue weighted by molar-refractivity contribution is 5.46. The predicted molar refractivity (Wildman–Crippen MR) is 76.3 cm³/mol. The van der Waals surface area contributed by atoms with Gasteiger partial charge in [-0.1, -0.05) is 19.9 Å². The Hall–Kier alpha value is -1.09. The maximum atomic E-state index is 13.3. The number of halogens is 1. The maximum Gasteiger partial charge on any atom is 0.125 e. The Kier molecular flexibility index (Phi) is 4.38. The third kappa shape index (κ3) is 3.45. The van der Waals surface area contributed by atoms with Crippen molar-refractivity contribution in [2.75, 3.05) is 18.0 Å². The van der Waals surface area contributed by atoms with Gasteiger partial charge in [-0.15, -0.1) is 0 Å². The van der Waals surface area contributed by atoms with Crippen LogP contribution in [-0.4, -0.2) is 18.6 Å². The van der Waals surface area contributed by atoms with E-state index in [2.05, 4.69) is 25.7 Å². The molecule has 1 aromatic rings. The largest absolute Gasteiger partial charge is 0.371 e. The standard InChI is InChI=1S/C15H25FN2/c1-6-18(11-14(2,3)15(4,5)17)13-9-7-8-12(16)10-13/h7-10H,6,11,17H2,1-5H3. The molecule has 0 aliphatic heterocycles. The zero-order chi connectivity index (χ0) is 14.0. The summed E-state index contributed by atoms with van der Waals surface area (Å²) in [5.41, 5.74) is 6.79. The summed E-state index contributed by atoms with van der Waals surface area (Å²) in [4.78, 5) is 2.16. The summed E-state index contributed by atoms with van der Waals surface area (Å²) >= 11 is 0. The van der Waals surface area contributed by atoms with Crippen LogP contribution in [0.2, 0.25) is 0 Å². The molecule has 1 rings (SSSR count). The van der Waals surface area contributed by atoms with Crippen LogP contribution in [0.25, 0.3) is 0 Å². The molecule has 0 atom stereocenters. The Labute approximate surface area is 110 Å². The molecular weight excluding hydrogens is 227 g/mol. The Balaban J connectivity index is 2.93. The highest BCUT2D eigenvalue weighted by atomic mass is 19.1. The van der Waals surface area contributed by atoms with Crippen LogP contribution in [0.3, 0.4) is 0 Å². The van der Waals surface area contributed by atoms with Crippen LogP contribution >= 0.6 is 0 Å². The fraction of sp³-hybridized carbons (Fsp3) is 0.600. The van der Waals surface area contributed by atoms with E-state index in [1.54, 1.807) is 12.1 Å². The maximum absolute atomic E-state index is 13.3. The first kappa shape index (κ1) is 15.0. The quantitative estimate of drug-likeness (QED) is 0.870. The van der Waals surface area contributed by atoms with Crippen molar-refractivity contribution in [3.8, 4) is 0 Å². The van der Waals surface area contributed by atoms with Gasteiger partial charge in [0.15, 0.2) is 0 Å². The first-order chi connectivity index (χ1) is 8.17. The van der Waals surface area contributed by atoms with E-state index < -0.39 is 0 Å². The van der Waals surface area contributed by atoms with Crippen molar-refractivity contribution >= 4 is 5.69 Å². The first-order valence-corrected chi connectivity index (χ1v) is 6.47. The minimum atomic E-state index is -0.284. The van der Waals surface area contributed by atoms with Crippen LogP contribution in [0.15, 0.2) is 24.3 Å². The van der Waals surface area contributed by atoms with Crippen molar-refractivity contribution < 1.29 is 4.39 Å². The molecule has 0 heterocycles. The van der Waals surface area contributed by atoms with Gasteiger partial charge >= 0.3 is 0 Å². The third-order valence-electron chi connectivity index (χ3n) is 3.89. The predicted octanol–water partition coefficient (Wildman–Crippen LogP) is 3.42. The molecule has 0 aliphatic rings. The zero-order valence-electron chi connectivity index (χ0n) is 12.1. The monoisotopic (exact) mass is 252 g/mol. The van der Waals surface area contributed by atoms with Gasteiger partial charge in [-0.2, -0.15) is 0 Å². The summed E-state index contributed by atoms with van der Waals surface area (Å²) in [5.74, 6) is -0.198. The lowest BCUT2D eigenvalue weighted by Crippen LogP contribution is -2.53. The van der Waals surface area contributed by atoms with Gasteiger partial charge in [-0.05, 0) is 44.4 Å². The molecule has 0 spiro atoms. The van der Waals surface area contributed by atoms with Crippen molar-refractivity contribution in [3.63, 3.8) is 0 Å². The Bertz CT molecular complexity index is 394. The van der Waals surface area contributed by atoms with E-state index in [4.69, 9.17) is 5.73 Å². The van der Waals surface area contributed by atoms with E-state index in [1.807, 2.05) is 19.9 Å². The number of benzene rings is 1. The topological polar surface area (TPSA) is 29.3 Å². The Morgan fingerprint density at radius 2 is 1.83 bits per heavy atom. The van der Waals surface area contributed by atoms with Gasteiger partial charge in [-0.3, -0.25) is 0 Å². The van der Waals surface area contributed by atoms with Gasteiger partial charge in [0.2, 0.25) is 0 Å². The second kappa shape index (κ2) is 5.27. The second-order valence-corrected chi connectivity index (χ2v) is 6.10. The average Bonchev–Trinajstić information content (AvgIpc) is 2.24. The van der Waals surface area contributed by atoms with Gasteiger partial charge in [0.05, 0.1) is 0 Å². The number of nitrogens with zero attached hydrogens (tertiary/aromatic N) is 1. The molecule has 0 unspecified atom stereocenters. The van der Waals surface area contributed by atoms with Crippen LogP contribution in [0, 0.1) is 11.2 Å². The molecule has 3 heteroatoms. The lowest BCUT2D eigenvalue weighted by molar-refractivity contribution is 0.208. The third-order valence-corrected chi connectivity index (χ3v) is 3.89. The molecule has 0 saturated heterocycles. The molecule has 0 aromatic heterocycles. The summed E-state index contributed by atoms with van der Waals surface area (Å²) in [5, 5.41) is 0. The van der Waals surface area contributed by atoms with Crippen LogP contribution in [0.1, 0.15) is 34.6 Å². The zero-order valence-corrected chi connectivity index (χ0v) is 12.1. The molecule has 2 N–H and O–H groups in total. The van der Waals surface area contributed by atoms with Gasteiger partial charge in [0.1, 0.15) is 5.82 Å². The van der Waals surface area contributed by atoms with E-state index in [9.17, 15) is 4.39 Å². The minimum absolute atomic E-state index is 0.0602. The average molecular weight is 252 g/mol. The number of nitrogens with two attached hydrogens (primary N) is 1. The smallest absolute Gasteiger partial charge is 0.125 e. The SMILES string of the molecule is CCN(CC(C)(C)C(C)(C)N)c1cccc(F)c1. The minimum Gasteiger partial charge on any atom is -0.371 e. The molecule has 0 bridgehead atoms. The van der Waals surface area contributed by atoms with E-state index in [1.165, 1.54) is 6.07 Å². The molecule has 0 amide bonds. The second-order valence-electron chi connectivity index (χ2n) is 6.10. The van der Waals surface area contributed by atoms with Crippen LogP contribution in [-0.2, 0) is 0 Å². The highest BCUT2D eigenvalue weighted by Crippen LogP contribution is 2.31. The van der Waals surface area contributed by atoms with Gasteiger partial charge in [0, 0.05) is 24.3 Å². The van der Waals surface area contributed by atoms with Crippen molar-refractivity contribution in [1.29, 1.82) is 0 Å². The van der Waals surface area contributed by atoms with Gasteiger partial charge in [0.25, 0.3) is 0 Å². The van der Waals surface area contributed by atoms with E-state index in [-0.39, 0.29) is 16.8 Å². The lowest BCUT2D eigenvalue weighted by atomic mass is 9.75. The van der Waals surface area contributed by atoms with E-state index in [0.29, 0.717) is 0 Å². The summed E-state index contributed by atoms with van der Waals surface area (Å²) < 4.78 is 13.3. The highest BCUT2D eigenvalue weighted by Gasteiger charge is 2.34. The molecule has 18 heavy (non-hydrogen) atoms. The Morgan fingerprint density at radius 1 is 1.22 bits per heavy atom. The fourth-order valence-electron chi connectivity index (χ4n) is 1.74. The fourth-order valence-corrected chi connectivity index (χ4v) is 1.74. The van der Waals surface area contributed by atoms with E-state index >= 15 is 0 Å². The summed E-state index contributed by atoms with van der Waals surface area (Å²) in [6.07, 6.45) is 0.